The first-order valence-electron chi connectivity index (χ1n) is 9.30. The molecule has 1 saturated heterocycles. The first-order valence-corrected chi connectivity index (χ1v) is 11.3. The highest BCUT2D eigenvalue weighted by atomic mass is 79.9. The first kappa shape index (κ1) is 22.5. The number of esters is 1. The van der Waals surface area contributed by atoms with Crippen LogP contribution in [0.2, 0.25) is 0 Å². The maximum Gasteiger partial charge on any atom is 0.329 e. The Hall–Kier alpha value is -2.16. The lowest BCUT2D eigenvalue weighted by molar-refractivity contribution is -0.149. The Bertz CT molecular complexity index is 994. The zero-order valence-electron chi connectivity index (χ0n) is 16.5. The second-order valence-corrected chi connectivity index (χ2v) is 9.03. The monoisotopic (exact) mass is 505 g/mol. The number of hydrogen-bond acceptors (Lipinski definition) is 6. The second kappa shape index (κ2) is 10.2. The molecule has 5 nitrogen and oxygen atoms in total. The number of carbonyl (C=O) groups excluding carboxylic acids is 2. The van der Waals surface area contributed by atoms with Crippen LogP contribution in [-0.4, -0.2) is 33.7 Å². The SMILES string of the molecule is CCOC(=O)C(C)N1C(=O)/C(=C/c2cc(Br)ccc2OCc2ccccc2)SC1=S. The summed E-state index contributed by atoms with van der Waals surface area (Å²) in [5.41, 5.74) is 1.78. The van der Waals surface area contributed by atoms with Crippen molar-refractivity contribution in [3.05, 3.63) is 69.0 Å². The molecule has 0 spiro atoms. The van der Waals surface area contributed by atoms with E-state index in [0.717, 1.165) is 27.4 Å². The predicted octanol–water partition coefficient (Wildman–Crippen LogP) is 5.18. The predicted molar refractivity (Wildman–Crippen MR) is 126 cm³/mol. The van der Waals surface area contributed by atoms with Crippen LogP contribution in [0.5, 0.6) is 5.75 Å². The molecular formula is C22H20BrNO4S2. The van der Waals surface area contributed by atoms with Crippen LogP contribution in [0, 0.1) is 0 Å². The topological polar surface area (TPSA) is 55.8 Å². The van der Waals surface area contributed by atoms with Crippen LogP contribution in [0.4, 0.5) is 0 Å². The number of thioether (sulfide) groups is 1. The number of benzene rings is 2. The summed E-state index contributed by atoms with van der Waals surface area (Å²) in [6, 6.07) is 14.7. The Morgan fingerprint density at radius 1 is 1.27 bits per heavy atom. The van der Waals surface area contributed by atoms with Gasteiger partial charge in [-0.15, -0.1) is 0 Å². The Kier molecular flexibility index (Phi) is 7.69. The number of ether oxygens (including phenoxy) is 2. The van der Waals surface area contributed by atoms with E-state index in [1.165, 1.54) is 4.90 Å². The molecule has 0 saturated carbocycles. The van der Waals surface area contributed by atoms with E-state index in [-0.39, 0.29) is 12.5 Å². The lowest BCUT2D eigenvalue weighted by Gasteiger charge is -2.21. The van der Waals surface area contributed by atoms with Crippen molar-refractivity contribution in [1.82, 2.24) is 4.90 Å². The summed E-state index contributed by atoms with van der Waals surface area (Å²) in [4.78, 5) is 26.7. The lowest BCUT2D eigenvalue weighted by Crippen LogP contribution is -2.42. The van der Waals surface area contributed by atoms with Crippen molar-refractivity contribution in [2.45, 2.75) is 26.5 Å². The largest absolute Gasteiger partial charge is 0.488 e. The van der Waals surface area contributed by atoms with Crippen LogP contribution in [0.3, 0.4) is 0 Å². The highest BCUT2D eigenvalue weighted by Crippen LogP contribution is 2.36. The van der Waals surface area contributed by atoms with Crippen molar-refractivity contribution in [3.63, 3.8) is 0 Å². The van der Waals surface area contributed by atoms with Crippen LogP contribution in [0.1, 0.15) is 25.0 Å². The van der Waals surface area contributed by atoms with E-state index in [1.54, 1.807) is 19.9 Å². The molecule has 0 bridgehead atoms. The minimum absolute atomic E-state index is 0.244. The molecule has 1 heterocycles. The third-order valence-electron chi connectivity index (χ3n) is 4.33. The molecule has 3 rings (SSSR count). The van der Waals surface area contributed by atoms with E-state index in [9.17, 15) is 9.59 Å². The van der Waals surface area contributed by atoms with E-state index >= 15 is 0 Å². The number of halogens is 1. The summed E-state index contributed by atoms with van der Waals surface area (Å²) in [5.74, 6) is -0.158. The van der Waals surface area contributed by atoms with Crippen LogP contribution in [-0.2, 0) is 20.9 Å². The maximum atomic E-state index is 12.9. The summed E-state index contributed by atoms with van der Waals surface area (Å²) >= 11 is 9.97. The summed E-state index contributed by atoms with van der Waals surface area (Å²) < 4.78 is 12.2. The van der Waals surface area contributed by atoms with Crippen molar-refractivity contribution < 1.29 is 19.1 Å². The minimum Gasteiger partial charge on any atom is -0.488 e. The number of nitrogens with zero attached hydrogens (tertiary/aromatic N) is 1. The van der Waals surface area contributed by atoms with Crippen LogP contribution >= 0.6 is 39.9 Å². The number of thiocarbonyl (C=S) groups is 1. The van der Waals surface area contributed by atoms with Crippen LogP contribution < -0.4 is 4.74 Å². The molecule has 0 N–H and O–H groups in total. The van der Waals surface area contributed by atoms with Crippen molar-refractivity contribution in [2.24, 2.45) is 0 Å². The standard InChI is InChI=1S/C22H20BrNO4S2/c1-3-27-21(26)14(2)24-20(25)19(30-22(24)29)12-16-11-17(23)9-10-18(16)28-13-15-7-5-4-6-8-15/h4-12,14H,3,13H2,1-2H3/b19-12-. The molecule has 1 atom stereocenters. The van der Waals surface area contributed by atoms with Gasteiger partial charge in [-0.3, -0.25) is 9.69 Å². The van der Waals surface area contributed by atoms with Crippen molar-refractivity contribution in [1.29, 1.82) is 0 Å². The molecule has 0 aromatic heterocycles. The van der Waals surface area contributed by atoms with Gasteiger partial charge in [-0.25, -0.2) is 4.79 Å². The molecule has 156 valence electrons. The van der Waals surface area contributed by atoms with Gasteiger partial charge in [0.25, 0.3) is 5.91 Å². The normalized spacial score (nSPS) is 16.1. The summed E-state index contributed by atoms with van der Waals surface area (Å²) in [6.45, 7) is 3.98. The molecule has 1 unspecified atom stereocenters. The van der Waals surface area contributed by atoms with Gasteiger partial charge in [-0.2, -0.15) is 0 Å². The molecule has 2 aromatic carbocycles. The zero-order valence-corrected chi connectivity index (χ0v) is 19.7. The van der Waals surface area contributed by atoms with Gasteiger partial charge < -0.3 is 9.47 Å². The number of rotatable bonds is 7. The Balaban J connectivity index is 1.84. The zero-order chi connectivity index (χ0) is 21.7. The van der Waals surface area contributed by atoms with E-state index in [0.29, 0.717) is 21.6 Å². The molecule has 2 aromatic rings. The fourth-order valence-corrected chi connectivity index (χ4v) is 4.61. The molecule has 1 aliphatic rings. The van der Waals surface area contributed by atoms with Gasteiger partial charge in [0.15, 0.2) is 0 Å². The Labute approximate surface area is 193 Å². The van der Waals surface area contributed by atoms with E-state index < -0.39 is 12.0 Å². The number of carbonyl (C=O) groups is 2. The molecule has 30 heavy (non-hydrogen) atoms. The highest BCUT2D eigenvalue weighted by Gasteiger charge is 2.38. The molecule has 0 radical (unpaired) electrons. The minimum atomic E-state index is -0.778. The van der Waals surface area contributed by atoms with Gasteiger partial charge >= 0.3 is 5.97 Å². The number of hydrogen-bond donors (Lipinski definition) is 0. The van der Waals surface area contributed by atoms with E-state index in [1.807, 2.05) is 48.5 Å². The summed E-state index contributed by atoms with van der Waals surface area (Å²) in [5, 5.41) is 0. The molecular weight excluding hydrogens is 486 g/mol. The third-order valence-corrected chi connectivity index (χ3v) is 6.16. The molecule has 0 aliphatic carbocycles. The van der Waals surface area contributed by atoms with E-state index in [2.05, 4.69) is 15.9 Å². The fraction of sp³-hybridized carbons (Fsp3) is 0.227. The van der Waals surface area contributed by atoms with Crippen LogP contribution in [0.15, 0.2) is 57.9 Å². The van der Waals surface area contributed by atoms with Crippen molar-refractivity contribution >= 4 is 62.2 Å². The number of amides is 1. The van der Waals surface area contributed by atoms with E-state index in [4.69, 9.17) is 21.7 Å². The second-order valence-electron chi connectivity index (χ2n) is 6.44. The Morgan fingerprint density at radius 3 is 2.70 bits per heavy atom. The van der Waals surface area contributed by atoms with Gasteiger partial charge in [0.05, 0.1) is 11.5 Å². The van der Waals surface area contributed by atoms with Crippen molar-refractivity contribution in [2.75, 3.05) is 6.61 Å². The maximum absolute atomic E-state index is 12.9. The average Bonchev–Trinajstić information content (AvgIpc) is 3.00. The van der Waals surface area contributed by atoms with Crippen LogP contribution in [0.25, 0.3) is 6.08 Å². The summed E-state index contributed by atoms with van der Waals surface area (Å²) in [6.07, 6.45) is 1.74. The highest BCUT2D eigenvalue weighted by molar-refractivity contribution is 9.10. The fourth-order valence-electron chi connectivity index (χ4n) is 2.82. The van der Waals surface area contributed by atoms with Crippen molar-refractivity contribution in [3.8, 4) is 5.75 Å². The van der Waals surface area contributed by atoms with Gasteiger partial charge in [0.2, 0.25) is 0 Å². The molecule has 1 fully saturated rings. The summed E-state index contributed by atoms with van der Waals surface area (Å²) in [7, 11) is 0. The molecule has 8 heteroatoms. The Morgan fingerprint density at radius 2 is 2.00 bits per heavy atom. The van der Waals surface area contributed by atoms with Gasteiger partial charge in [0, 0.05) is 10.0 Å². The molecule has 1 aliphatic heterocycles. The molecule has 1 amide bonds. The van der Waals surface area contributed by atoms with Gasteiger partial charge in [-0.05, 0) is 43.7 Å². The first-order chi connectivity index (χ1) is 14.4. The lowest BCUT2D eigenvalue weighted by atomic mass is 10.1. The van der Waals surface area contributed by atoms with Gasteiger partial charge in [-0.1, -0.05) is 70.2 Å². The average molecular weight is 506 g/mol. The third kappa shape index (κ3) is 5.30. The van der Waals surface area contributed by atoms with Gasteiger partial charge in [0.1, 0.15) is 22.7 Å². The quantitative estimate of drug-likeness (QED) is 0.293. The smallest absolute Gasteiger partial charge is 0.329 e.